The minimum atomic E-state index is -1.07. The van der Waals surface area contributed by atoms with Gasteiger partial charge in [0.1, 0.15) is 12.6 Å². The molecule has 0 aromatic heterocycles. The van der Waals surface area contributed by atoms with E-state index >= 15 is 0 Å². The molecule has 21 heavy (non-hydrogen) atoms. The van der Waals surface area contributed by atoms with Crippen molar-refractivity contribution in [2.75, 3.05) is 25.2 Å². The van der Waals surface area contributed by atoms with Crippen molar-refractivity contribution in [2.24, 2.45) is 0 Å². The normalized spacial score (nSPS) is 15.1. The van der Waals surface area contributed by atoms with E-state index in [1.807, 2.05) is 6.26 Å². The number of carbonyl (C=O) groups is 3. The average molecular weight is 318 g/mol. The van der Waals surface area contributed by atoms with Crippen LogP contribution in [-0.2, 0) is 14.3 Å². The Kier molecular flexibility index (Phi) is 7.35. The molecule has 1 aliphatic rings. The molecule has 0 aromatic rings. The van der Waals surface area contributed by atoms with Gasteiger partial charge in [-0.15, -0.1) is 0 Å². The van der Waals surface area contributed by atoms with Crippen LogP contribution in [0.2, 0.25) is 0 Å². The van der Waals surface area contributed by atoms with E-state index in [0.29, 0.717) is 12.2 Å². The highest BCUT2D eigenvalue weighted by Crippen LogP contribution is 2.26. The Balaban J connectivity index is 2.58. The highest BCUT2D eigenvalue weighted by atomic mass is 32.2. The Bertz CT molecular complexity index is 387. The van der Waals surface area contributed by atoms with Crippen LogP contribution in [0, 0.1) is 0 Å². The molecular formula is C13H22N2O5S. The van der Waals surface area contributed by atoms with Crippen molar-refractivity contribution in [3.8, 4) is 0 Å². The zero-order valence-electron chi connectivity index (χ0n) is 12.3. The van der Waals surface area contributed by atoms with Crippen LogP contribution in [0.5, 0.6) is 0 Å². The second-order valence-electron chi connectivity index (χ2n) is 4.79. The van der Waals surface area contributed by atoms with Crippen molar-refractivity contribution in [3.05, 3.63) is 0 Å². The highest BCUT2D eigenvalue weighted by molar-refractivity contribution is 7.98. The summed E-state index contributed by atoms with van der Waals surface area (Å²) < 4.78 is 4.84. The number of thioether (sulfide) groups is 1. The van der Waals surface area contributed by atoms with Gasteiger partial charge >= 0.3 is 18.0 Å². The van der Waals surface area contributed by atoms with Crippen molar-refractivity contribution >= 4 is 29.7 Å². The second kappa shape index (κ2) is 8.76. The highest BCUT2D eigenvalue weighted by Gasteiger charge is 2.35. The first kappa shape index (κ1) is 17.6. The quantitative estimate of drug-likeness (QED) is 0.614. The Morgan fingerprint density at radius 2 is 2.10 bits per heavy atom. The topological polar surface area (TPSA) is 95.9 Å². The van der Waals surface area contributed by atoms with Gasteiger partial charge in [-0.3, -0.25) is 4.79 Å². The zero-order valence-corrected chi connectivity index (χ0v) is 13.1. The molecule has 0 radical (unpaired) electrons. The van der Waals surface area contributed by atoms with Gasteiger partial charge in [-0.1, -0.05) is 0 Å². The summed E-state index contributed by atoms with van der Waals surface area (Å²) in [7, 11) is 0. The Morgan fingerprint density at radius 3 is 2.57 bits per heavy atom. The van der Waals surface area contributed by atoms with Gasteiger partial charge in [-0.05, 0) is 38.2 Å². The monoisotopic (exact) mass is 318 g/mol. The molecule has 0 bridgehead atoms. The van der Waals surface area contributed by atoms with E-state index in [0.717, 1.165) is 12.8 Å². The first-order chi connectivity index (χ1) is 9.99. The maximum atomic E-state index is 12.2. The number of aliphatic carboxylic acids is 1. The third kappa shape index (κ3) is 6.24. The van der Waals surface area contributed by atoms with Gasteiger partial charge in [-0.25, -0.2) is 9.59 Å². The summed E-state index contributed by atoms with van der Waals surface area (Å²) in [5.41, 5.74) is 0. The summed E-state index contributed by atoms with van der Waals surface area (Å²) >= 11 is 1.52. The van der Waals surface area contributed by atoms with Crippen LogP contribution in [0.3, 0.4) is 0 Å². The van der Waals surface area contributed by atoms with Crippen LogP contribution in [0.1, 0.15) is 26.2 Å². The molecule has 1 fully saturated rings. The van der Waals surface area contributed by atoms with Crippen molar-refractivity contribution in [3.63, 3.8) is 0 Å². The van der Waals surface area contributed by atoms with Gasteiger partial charge in [0.2, 0.25) is 0 Å². The first-order valence-corrected chi connectivity index (χ1v) is 8.33. The molecule has 1 atom stereocenters. The van der Waals surface area contributed by atoms with Crippen LogP contribution < -0.4 is 5.32 Å². The predicted octanol–water partition coefficient (Wildman–Crippen LogP) is 0.930. The molecule has 2 N–H and O–H groups in total. The third-order valence-corrected chi connectivity index (χ3v) is 3.70. The van der Waals surface area contributed by atoms with Crippen LogP contribution in [0.4, 0.5) is 4.79 Å². The van der Waals surface area contributed by atoms with Crippen molar-refractivity contribution in [2.45, 2.75) is 38.3 Å². The van der Waals surface area contributed by atoms with Gasteiger partial charge < -0.3 is 20.1 Å². The summed E-state index contributed by atoms with van der Waals surface area (Å²) in [6.45, 7) is 1.81. The fraction of sp³-hybridized carbons (Fsp3) is 0.769. The van der Waals surface area contributed by atoms with Crippen molar-refractivity contribution < 1.29 is 24.2 Å². The number of rotatable bonds is 9. The summed E-state index contributed by atoms with van der Waals surface area (Å²) in [5.74, 6) is -0.904. The number of amides is 2. The maximum Gasteiger partial charge on any atom is 0.326 e. The fourth-order valence-corrected chi connectivity index (χ4v) is 2.30. The molecule has 0 spiro atoms. The van der Waals surface area contributed by atoms with Crippen molar-refractivity contribution in [1.82, 2.24) is 10.2 Å². The first-order valence-electron chi connectivity index (χ1n) is 6.94. The summed E-state index contributed by atoms with van der Waals surface area (Å²) in [6.07, 6.45) is 3.88. The summed E-state index contributed by atoms with van der Waals surface area (Å²) in [5, 5.41) is 11.6. The van der Waals surface area contributed by atoms with Crippen LogP contribution in [-0.4, -0.2) is 65.2 Å². The molecule has 1 rings (SSSR count). The molecule has 0 aliphatic heterocycles. The molecule has 0 heterocycles. The largest absolute Gasteiger partial charge is 0.480 e. The van der Waals surface area contributed by atoms with Gasteiger partial charge in [0.25, 0.3) is 0 Å². The van der Waals surface area contributed by atoms with Gasteiger partial charge in [-0.2, -0.15) is 11.8 Å². The van der Waals surface area contributed by atoms with E-state index in [1.165, 1.54) is 16.7 Å². The van der Waals surface area contributed by atoms with Crippen LogP contribution in [0.15, 0.2) is 0 Å². The van der Waals surface area contributed by atoms with Gasteiger partial charge in [0.05, 0.1) is 6.61 Å². The van der Waals surface area contributed by atoms with E-state index in [1.54, 1.807) is 6.92 Å². The molecule has 8 heteroatoms. The van der Waals surface area contributed by atoms with Crippen LogP contribution >= 0.6 is 11.8 Å². The molecule has 0 aromatic carbocycles. The lowest BCUT2D eigenvalue weighted by atomic mass is 10.2. The third-order valence-electron chi connectivity index (χ3n) is 3.06. The lowest BCUT2D eigenvalue weighted by Crippen LogP contribution is -2.50. The standard InChI is InChI=1S/C13H22N2O5S/c1-3-20-11(16)8-15(9-4-5-9)13(19)14-10(12(17)18)6-7-21-2/h9-10H,3-8H2,1-2H3,(H,14,19)(H,17,18). The fourth-order valence-electron chi connectivity index (χ4n) is 1.82. The number of esters is 1. The number of ether oxygens (including phenoxy) is 1. The lowest BCUT2D eigenvalue weighted by Gasteiger charge is -2.24. The molecule has 1 saturated carbocycles. The number of hydrogen-bond acceptors (Lipinski definition) is 5. The molecule has 1 aliphatic carbocycles. The minimum Gasteiger partial charge on any atom is -0.480 e. The summed E-state index contributed by atoms with van der Waals surface area (Å²) in [6, 6.07) is -1.45. The predicted molar refractivity (Wildman–Crippen MR) is 79.3 cm³/mol. The van der Waals surface area contributed by atoms with E-state index < -0.39 is 24.0 Å². The zero-order chi connectivity index (χ0) is 15.8. The summed E-state index contributed by atoms with van der Waals surface area (Å²) in [4.78, 5) is 36.2. The average Bonchev–Trinajstić information content (AvgIpc) is 3.25. The van der Waals surface area contributed by atoms with Crippen molar-refractivity contribution in [1.29, 1.82) is 0 Å². The smallest absolute Gasteiger partial charge is 0.326 e. The molecule has 2 amide bonds. The second-order valence-corrected chi connectivity index (χ2v) is 5.77. The lowest BCUT2D eigenvalue weighted by molar-refractivity contribution is -0.143. The molecular weight excluding hydrogens is 296 g/mol. The van der Waals surface area contributed by atoms with Crippen LogP contribution in [0.25, 0.3) is 0 Å². The Hall–Kier alpha value is -1.44. The molecule has 120 valence electrons. The number of nitrogens with zero attached hydrogens (tertiary/aromatic N) is 1. The SMILES string of the molecule is CCOC(=O)CN(C(=O)NC(CCSC)C(=O)O)C1CC1. The number of carbonyl (C=O) groups excluding carboxylic acids is 2. The molecule has 7 nitrogen and oxygen atoms in total. The Labute approximate surface area is 128 Å². The van der Waals surface area contributed by atoms with E-state index in [4.69, 9.17) is 9.84 Å². The number of urea groups is 1. The number of hydrogen-bond donors (Lipinski definition) is 2. The number of carboxylic acid groups (broad SMARTS) is 1. The van der Waals surface area contributed by atoms with Gasteiger partial charge in [0.15, 0.2) is 0 Å². The van der Waals surface area contributed by atoms with E-state index in [-0.39, 0.29) is 19.2 Å². The number of nitrogens with one attached hydrogen (secondary N) is 1. The molecule has 1 unspecified atom stereocenters. The van der Waals surface area contributed by atoms with Gasteiger partial charge in [0, 0.05) is 6.04 Å². The maximum absolute atomic E-state index is 12.2. The minimum absolute atomic E-state index is 0.00408. The van der Waals surface area contributed by atoms with E-state index in [2.05, 4.69) is 5.32 Å². The van der Waals surface area contributed by atoms with E-state index in [9.17, 15) is 14.4 Å². The number of carboxylic acids is 1. The Morgan fingerprint density at radius 1 is 1.43 bits per heavy atom. The molecule has 0 saturated heterocycles.